The summed E-state index contributed by atoms with van der Waals surface area (Å²) < 4.78 is 5.53. The minimum absolute atomic E-state index is 0.429. The molecule has 1 aromatic heterocycles. The molecule has 0 spiro atoms. The second-order valence-electron chi connectivity index (χ2n) is 4.37. The highest BCUT2D eigenvalue weighted by atomic mass is 32.1. The third-order valence-electron chi connectivity index (χ3n) is 2.80. The Kier molecular flexibility index (Phi) is 5.09. The van der Waals surface area contributed by atoms with Crippen LogP contribution in [0.1, 0.15) is 30.8 Å². The molecule has 0 unspecified atom stereocenters. The van der Waals surface area contributed by atoms with Crippen molar-refractivity contribution in [3.8, 4) is 16.3 Å². The molecule has 0 aliphatic rings. The van der Waals surface area contributed by atoms with Gasteiger partial charge in [-0.2, -0.15) is 0 Å². The molecule has 0 saturated carbocycles. The number of ether oxygens (including phenoxy) is 1. The first-order valence-electron chi connectivity index (χ1n) is 6.68. The van der Waals surface area contributed by atoms with E-state index in [0.717, 1.165) is 39.7 Å². The molecule has 2 aromatic rings. The molecule has 0 bridgehead atoms. The van der Waals surface area contributed by atoms with Gasteiger partial charge in [0.1, 0.15) is 15.7 Å². The van der Waals surface area contributed by atoms with E-state index < -0.39 is 0 Å². The standard InChI is InChI=1S/C15H18N2OS2/c1-3-6-12-13(14(16)19)20-15(17-12)10-7-5-8-11(9-10)18-4-2/h5,7-9H,3-4,6H2,1-2H3,(H2,16,19). The SMILES string of the molecule is CCCc1nc(-c2cccc(OCC)c2)sc1C(N)=S. The Balaban J connectivity index is 2.39. The van der Waals surface area contributed by atoms with E-state index in [9.17, 15) is 0 Å². The fourth-order valence-electron chi connectivity index (χ4n) is 1.96. The van der Waals surface area contributed by atoms with Crippen LogP contribution in [0.25, 0.3) is 10.6 Å². The van der Waals surface area contributed by atoms with Crippen LogP contribution >= 0.6 is 23.6 Å². The highest BCUT2D eigenvalue weighted by molar-refractivity contribution is 7.81. The van der Waals surface area contributed by atoms with E-state index in [-0.39, 0.29) is 0 Å². The molecule has 2 rings (SSSR count). The fraction of sp³-hybridized carbons (Fsp3) is 0.333. The first-order chi connectivity index (χ1) is 9.65. The third-order valence-corrected chi connectivity index (χ3v) is 4.31. The molecule has 0 atom stereocenters. The first-order valence-corrected chi connectivity index (χ1v) is 7.90. The van der Waals surface area contributed by atoms with Crippen molar-refractivity contribution in [2.75, 3.05) is 6.61 Å². The van der Waals surface area contributed by atoms with Gasteiger partial charge in [0.05, 0.1) is 17.2 Å². The quantitative estimate of drug-likeness (QED) is 0.825. The zero-order valence-electron chi connectivity index (χ0n) is 11.7. The van der Waals surface area contributed by atoms with Crippen molar-refractivity contribution in [2.45, 2.75) is 26.7 Å². The van der Waals surface area contributed by atoms with E-state index in [4.69, 9.17) is 22.7 Å². The summed E-state index contributed by atoms with van der Waals surface area (Å²) in [5.41, 5.74) is 7.84. The van der Waals surface area contributed by atoms with Gasteiger partial charge < -0.3 is 10.5 Å². The van der Waals surface area contributed by atoms with Gasteiger partial charge in [-0.05, 0) is 25.5 Å². The van der Waals surface area contributed by atoms with Gasteiger partial charge in [-0.1, -0.05) is 37.7 Å². The number of aromatic nitrogens is 1. The monoisotopic (exact) mass is 306 g/mol. The molecule has 1 aromatic carbocycles. The zero-order valence-corrected chi connectivity index (χ0v) is 13.3. The summed E-state index contributed by atoms with van der Waals surface area (Å²) in [5.74, 6) is 0.856. The van der Waals surface area contributed by atoms with Crippen molar-refractivity contribution in [1.82, 2.24) is 4.98 Å². The van der Waals surface area contributed by atoms with E-state index in [1.807, 2.05) is 31.2 Å². The van der Waals surface area contributed by atoms with Crippen LogP contribution in [0.4, 0.5) is 0 Å². The van der Waals surface area contributed by atoms with Crippen LogP contribution < -0.4 is 10.5 Å². The maximum absolute atomic E-state index is 5.79. The number of rotatable bonds is 6. The van der Waals surface area contributed by atoms with Crippen molar-refractivity contribution in [2.24, 2.45) is 5.73 Å². The molecule has 0 saturated heterocycles. The highest BCUT2D eigenvalue weighted by Gasteiger charge is 2.14. The van der Waals surface area contributed by atoms with Crippen LogP contribution in [-0.2, 0) is 6.42 Å². The van der Waals surface area contributed by atoms with Gasteiger partial charge in [-0.25, -0.2) is 4.98 Å². The normalized spacial score (nSPS) is 10.5. The van der Waals surface area contributed by atoms with Gasteiger partial charge in [0.2, 0.25) is 0 Å². The Bertz CT molecular complexity index is 608. The van der Waals surface area contributed by atoms with Crippen LogP contribution in [0.15, 0.2) is 24.3 Å². The van der Waals surface area contributed by atoms with Crippen LogP contribution in [0.2, 0.25) is 0 Å². The topological polar surface area (TPSA) is 48.1 Å². The van der Waals surface area contributed by atoms with Crippen molar-refractivity contribution >= 4 is 28.5 Å². The van der Waals surface area contributed by atoms with Crippen LogP contribution in [-0.4, -0.2) is 16.6 Å². The molecule has 0 fully saturated rings. The highest BCUT2D eigenvalue weighted by Crippen LogP contribution is 2.30. The van der Waals surface area contributed by atoms with Crippen LogP contribution in [0.5, 0.6) is 5.75 Å². The number of thiocarbonyl (C=S) groups is 1. The first kappa shape index (κ1) is 14.9. The predicted octanol–water partition coefficient (Wildman–Crippen LogP) is 3.80. The molecule has 20 heavy (non-hydrogen) atoms. The third kappa shape index (κ3) is 3.35. The number of hydrogen-bond acceptors (Lipinski definition) is 4. The minimum Gasteiger partial charge on any atom is -0.494 e. The summed E-state index contributed by atoms with van der Waals surface area (Å²) in [4.78, 5) is 6.05. The van der Waals surface area contributed by atoms with E-state index in [1.165, 1.54) is 0 Å². The Morgan fingerprint density at radius 1 is 1.40 bits per heavy atom. The van der Waals surface area contributed by atoms with Crippen LogP contribution in [0, 0.1) is 0 Å². The largest absolute Gasteiger partial charge is 0.494 e. The summed E-state index contributed by atoms with van der Waals surface area (Å²) in [6, 6.07) is 7.95. The van der Waals surface area contributed by atoms with Crippen molar-refractivity contribution in [3.63, 3.8) is 0 Å². The Labute approximate surface area is 128 Å². The van der Waals surface area contributed by atoms with Gasteiger partial charge in [0, 0.05) is 5.56 Å². The van der Waals surface area contributed by atoms with Gasteiger partial charge >= 0.3 is 0 Å². The predicted molar refractivity (Wildman–Crippen MR) is 88.6 cm³/mol. The molecule has 1 heterocycles. The molecule has 5 heteroatoms. The molecule has 0 radical (unpaired) electrons. The lowest BCUT2D eigenvalue weighted by molar-refractivity contribution is 0.340. The molecule has 0 aliphatic heterocycles. The fourth-order valence-corrected chi connectivity index (χ4v) is 3.16. The van der Waals surface area contributed by atoms with Crippen LogP contribution in [0.3, 0.4) is 0 Å². The second kappa shape index (κ2) is 6.81. The second-order valence-corrected chi connectivity index (χ2v) is 5.81. The molecule has 106 valence electrons. The lowest BCUT2D eigenvalue weighted by Crippen LogP contribution is -2.09. The maximum atomic E-state index is 5.79. The zero-order chi connectivity index (χ0) is 14.5. The molecular weight excluding hydrogens is 288 g/mol. The summed E-state index contributed by atoms with van der Waals surface area (Å²) in [6.07, 6.45) is 1.92. The molecule has 0 aliphatic carbocycles. The van der Waals surface area contributed by atoms with Gasteiger partial charge in [-0.3, -0.25) is 0 Å². The number of thiazole rings is 1. The average Bonchev–Trinajstić information content (AvgIpc) is 2.84. The van der Waals surface area contributed by atoms with E-state index in [0.29, 0.717) is 11.6 Å². The van der Waals surface area contributed by atoms with Crippen molar-refractivity contribution < 1.29 is 4.74 Å². The maximum Gasteiger partial charge on any atom is 0.124 e. The lowest BCUT2D eigenvalue weighted by atomic mass is 10.2. The summed E-state index contributed by atoms with van der Waals surface area (Å²) in [5, 5.41) is 0.942. The number of benzene rings is 1. The molecule has 3 nitrogen and oxygen atoms in total. The molecule has 2 N–H and O–H groups in total. The molecule has 0 amide bonds. The summed E-state index contributed by atoms with van der Waals surface area (Å²) in [7, 11) is 0. The summed E-state index contributed by atoms with van der Waals surface area (Å²) in [6.45, 7) is 4.75. The summed E-state index contributed by atoms with van der Waals surface area (Å²) >= 11 is 6.67. The van der Waals surface area contributed by atoms with Gasteiger partial charge in [0.25, 0.3) is 0 Å². The number of hydrogen-bond donors (Lipinski definition) is 1. The van der Waals surface area contributed by atoms with E-state index in [1.54, 1.807) is 11.3 Å². The number of aryl methyl sites for hydroxylation is 1. The smallest absolute Gasteiger partial charge is 0.124 e. The van der Waals surface area contributed by atoms with Crippen molar-refractivity contribution in [1.29, 1.82) is 0 Å². The van der Waals surface area contributed by atoms with Gasteiger partial charge in [-0.15, -0.1) is 11.3 Å². The Hall–Kier alpha value is -1.46. The average molecular weight is 306 g/mol. The van der Waals surface area contributed by atoms with Crippen molar-refractivity contribution in [3.05, 3.63) is 34.8 Å². The molecular formula is C15H18N2OS2. The van der Waals surface area contributed by atoms with Gasteiger partial charge in [0.15, 0.2) is 0 Å². The number of nitrogens with zero attached hydrogens (tertiary/aromatic N) is 1. The minimum atomic E-state index is 0.429. The van der Waals surface area contributed by atoms with E-state index >= 15 is 0 Å². The number of nitrogens with two attached hydrogens (primary N) is 1. The Morgan fingerprint density at radius 2 is 2.20 bits per heavy atom. The lowest BCUT2D eigenvalue weighted by Gasteiger charge is -2.03. The Morgan fingerprint density at radius 3 is 2.85 bits per heavy atom. The van der Waals surface area contributed by atoms with E-state index in [2.05, 4.69) is 11.9 Å².